The molecule has 0 saturated heterocycles. The van der Waals surface area contributed by atoms with Crippen molar-refractivity contribution in [2.45, 2.75) is 51.6 Å². The lowest BCUT2D eigenvalue weighted by molar-refractivity contribution is -0.128. The van der Waals surface area contributed by atoms with Crippen LogP contribution in [0.5, 0.6) is 0 Å². The van der Waals surface area contributed by atoms with Gasteiger partial charge >= 0.3 is 0 Å². The molecule has 8 nitrogen and oxygen atoms in total. The monoisotopic (exact) mass is 322 g/mol. The number of nitrogens with one attached hydrogen (secondary N) is 2. The zero-order valence-corrected chi connectivity index (χ0v) is 13.7. The third-order valence-corrected chi connectivity index (χ3v) is 4.49. The second kappa shape index (κ2) is 6.99. The highest BCUT2D eigenvalue weighted by atomic mass is 16.3. The van der Waals surface area contributed by atoms with Crippen LogP contribution in [0.1, 0.15) is 39.5 Å². The predicted octanol–water partition coefficient (Wildman–Crippen LogP) is 0.698. The Balaban J connectivity index is 2.00. The van der Waals surface area contributed by atoms with Crippen LogP contribution in [-0.4, -0.2) is 39.7 Å². The van der Waals surface area contributed by atoms with Crippen molar-refractivity contribution in [2.24, 2.45) is 11.1 Å². The van der Waals surface area contributed by atoms with Crippen molar-refractivity contribution in [3.05, 3.63) is 6.20 Å². The third kappa shape index (κ3) is 4.22. The molecule has 1 saturated carbocycles. The van der Waals surface area contributed by atoms with Crippen LogP contribution in [0.25, 0.3) is 0 Å². The van der Waals surface area contributed by atoms with Gasteiger partial charge in [-0.3, -0.25) is 4.79 Å². The number of nitrogens with two attached hydrogens (primary N) is 2. The van der Waals surface area contributed by atoms with E-state index in [2.05, 4.69) is 20.6 Å². The molecule has 0 aliphatic heterocycles. The van der Waals surface area contributed by atoms with Gasteiger partial charge in [0.05, 0.1) is 18.5 Å². The number of nitrogens with zero attached hydrogens (tertiary/aromatic N) is 2. The second-order valence-corrected chi connectivity index (χ2v) is 6.57. The van der Waals surface area contributed by atoms with Gasteiger partial charge in [0, 0.05) is 17.5 Å². The quantitative estimate of drug-likeness (QED) is 0.519. The van der Waals surface area contributed by atoms with E-state index in [0.29, 0.717) is 17.5 Å². The predicted molar refractivity (Wildman–Crippen MR) is 89.8 cm³/mol. The lowest BCUT2D eigenvalue weighted by atomic mass is 9.73. The summed E-state index contributed by atoms with van der Waals surface area (Å²) < 4.78 is 0. The molecule has 1 aliphatic rings. The Kier molecular flexibility index (Phi) is 5.25. The minimum atomic E-state index is -0.418. The highest BCUT2D eigenvalue weighted by molar-refractivity contribution is 5.80. The van der Waals surface area contributed by atoms with E-state index in [0.717, 1.165) is 25.7 Å². The van der Waals surface area contributed by atoms with Crippen molar-refractivity contribution in [3.63, 3.8) is 0 Å². The summed E-state index contributed by atoms with van der Waals surface area (Å²) in [4.78, 5) is 20.0. The zero-order chi connectivity index (χ0) is 17.0. The first-order valence-corrected chi connectivity index (χ1v) is 7.90. The molecule has 23 heavy (non-hydrogen) atoms. The Labute approximate surface area is 136 Å². The summed E-state index contributed by atoms with van der Waals surface area (Å²) in [6.07, 6.45) is 4.70. The Hall–Kier alpha value is -2.09. The number of primary amides is 1. The van der Waals surface area contributed by atoms with Crippen LogP contribution in [0.15, 0.2) is 6.20 Å². The summed E-state index contributed by atoms with van der Waals surface area (Å²) in [7, 11) is 0. The molecule has 128 valence electrons. The molecule has 1 heterocycles. The summed E-state index contributed by atoms with van der Waals surface area (Å²) in [6.45, 7) is 3.74. The molecule has 1 fully saturated rings. The number of aliphatic hydroxyl groups excluding tert-OH is 1. The summed E-state index contributed by atoms with van der Waals surface area (Å²) in [5, 5.41) is 15.4. The molecule has 0 bridgehead atoms. The standard InChI is InChI=1S/C15H26N6O2/c1-9(8-22)19-14-18-7-11(16)12(21-14)20-10-3-5-15(2,6-4-10)13(17)23/h7,9-10,22H,3-6,8,16H2,1-2H3,(H2,17,23)(H2,18,19,20,21)/t9-,10?,15?/m0/s1. The zero-order valence-electron chi connectivity index (χ0n) is 13.7. The van der Waals surface area contributed by atoms with Crippen molar-refractivity contribution >= 4 is 23.4 Å². The van der Waals surface area contributed by atoms with E-state index in [1.807, 2.05) is 13.8 Å². The summed E-state index contributed by atoms with van der Waals surface area (Å²) in [5.74, 6) is 0.753. The number of carbonyl (C=O) groups excluding carboxylic acids is 1. The van der Waals surface area contributed by atoms with Gasteiger partial charge in [0.15, 0.2) is 5.82 Å². The normalized spacial score (nSPS) is 25.6. The molecule has 0 unspecified atom stereocenters. The Morgan fingerprint density at radius 1 is 1.52 bits per heavy atom. The first-order valence-electron chi connectivity index (χ1n) is 7.90. The number of carbonyl (C=O) groups is 1. The van der Waals surface area contributed by atoms with E-state index < -0.39 is 5.41 Å². The number of nitrogen functional groups attached to an aromatic ring is 1. The molecule has 0 spiro atoms. The fourth-order valence-corrected chi connectivity index (χ4v) is 2.68. The van der Waals surface area contributed by atoms with Gasteiger partial charge in [-0.25, -0.2) is 4.98 Å². The minimum absolute atomic E-state index is 0.00910. The van der Waals surface area contributed by atoms with Gasteiger partial charge in [0.2, 0.25) is 11.9 Å². The molecule has 1 aromatic heterocycles. The third-order valence-electron chi connectivity index (χ3n) is 4.49. The van der Waals surface area contributed by atoms with Crippen LogP contribution >= 0.6 is 0 Å². The largest absolute Gasteiger partial charge is 0.394 e. The average Bonchev–Trinajstić information content (AvgIpc) is 2.52. The molecular formula is C15H26N6O2. The molecule has 7 N–H and O–H groups in total. The molecule has 0 aromatic carbocycles. The smallest absolute Gasteiger partial charge is 0.225 e. The van der Waals surface area contributed by atoms with Crippen LogP contribution in [0.2, 0.25) is 0 Å². The van der Waals surface area contributed by atoms with Crippen molar-refractivity contribution in [1.82, 2.24) is 9.97 Å². The number of anilines is 3. The molecule has 1 aromatic rings. The van der Waals surface area contributed by atoms with E-state index in [4.69, 9.17) is 16.6 Å². The second-order valence-electron chi connectivity index (χ2n) is 6.57. The van der Waals surface area contributed by atoms with E-state index >= 15 is 0 Å². The van der Waals surface area contributed by atoms with Gasteiger partial charge in [0.1, 0.15) is 0 Å². The topological polar surface area (TPSA) is 139 Å². The fourth-order valence-electron chi connectivity index (χ4n) is 2.68. The summed E-state index contributed by atoms with van der Waals surface area (Å²) in [6, 6.07) is 0.0557. The first-order chi connectivity index (χ1) is 10.8. The maximum Gasteiger partial charge on any atom is 0.225 e. The SMILES string of the molecule is C[C@@H](CO)Nc1ncc(N)c(NC2CCC(C)(C(N)=O)CC2)n1. The van der Waals surface area contributed by atoms with Gasteiger partial charge in [-0.1, -0.05) is 6.92 Å². The van der Waals surface area contributed by atoms with Crippen LogP contribution in [0.4, 0.5) is 17.5 Å². The Morgan fingerprint density at radius 2 is 2.17 bits per heavy atom. The van der Waals surface area contributed by atoms with Gasteiger partial charge in [0.25, 0.3) is 0 Å². The number of aromatic nitrogens is 2. The molecule has 0 radical (unpaired) electrons. The summed E-state index contributed by atoms with van der Waals surface area (Å²) >= 11 is 0. The van der Waals surface area contributed by atoms with E-state index in [9.17, 15) is 4.79 Å². The number of hydrogen-bond acceptors (Lipinski definition) is 7. The van der Waals surface area contributed by atoms with Crippen LogP contribution < -0.4 is 22.1 Å². The Morgan fingerprint density at radius 3 is 2.74 bits per heavy atom. The van der Waals surface area contributed by atoms with E-state index in [-0.39, 0.29) is 24.6 Å². The summed E-state index contributed by atoms with van der Waals surface area (Å²) in [5.41, 5.74) is 11.5. The van der Waals surface area contributed by atoms with E-state index in [1.165, 1.54) is 6.20 Å². The lowest BCUT2D eigenvalue weighted by Crippen LogP contribution is -2.40. The van der Waals surface area contributed by atoms with Crippen LogP contribution in [-0.2, 0) is 4.79 Å². The average molecular weight is 322 g/mol. The highest BCUT2D eigenvalue weighted by Gasteiger charge is 2.36. The molecule has 8 heteroatoms. The Bertz CT molecular complexity index is 557. The van der Waals surface area contributed by atoms with Crippen LogP contribution in [0.3, 0.4) is 0 Å². The first kappa shape index (κ1) is 17.3. The molecule has 1 amide bonds. The van der Waals surface area contributed by atoms with Crippen LogP contribution in [0, 0.1) is 5.41 Å². The van der Waals surface area contributed by atoms with Gasteiger partial charge in [-0.2, -0.15) is 4.98 Å². The molecule has 1 aliphatic carbocycles. The van der Waals surface area contributed by atoms with Gasteiger partial charge in [-0.05, 0) is 32.6 Å². The number of aliphatic hydroxyl groups is 1. The van der Waals surface area contributed by atoms with Crippen molar-refractivity contribution in [1.29, 1.82) is 0 Å². The van der Waals surface area contributed by atoms with Crippen molar-refractivity contribution in [3.8, 4) is 0 Å². The minimum Gasteiger partial charge on any atom is -0.394 e. The lowest BCUT2D eigenvalue weighted by Gasteiger charge is -2.35. The maximum atomic E-state index is 11.5. The van der Waals surface area contributed by atoms with Crippen molar-refractivity contribution < 1.29 is 9.90 Å². The van der Waals surface area contributed by atoms with E-state index in [1.54, 1.807) is 0 Å². The number of hydrogen-bond donors (Lipinski definition) is 5. The molecular weight excluding hydrogens is 296 g/mol. The molecule has 1 atom stereocenters. The maximum absolute atomic E-state index is 11.5. The number of amides is 1. The van der Waals surface area contributed by atoms with Gasteiger partial charge < -0.3 is 27.2 Å². The fraction of sp³-hybridized carbons (Fsp3) is 0.667. The number of rotatable bonds is 6. The van der Waals surface area contributed by atoms with Crippen molar-refractivity contribution in [2.75, 3.05) is 23.0 Å². The molecule has 2 rings (SSSR count). The van der Waals surface area contributed by atoms with Gasteiger partial charge in [-0.15, -0.1) is 0 Å². The highest BCUT2D eigenvalue weighted by Crippen LogP contribution is 2.36.